The van der Waals surface area contributed by atoms with Gasteiger partial charge >= 0.3 is 11.9 Å². The predicted octanol–water partition coefficient (Wildman–Crippen LogP) is 4.04. The number of methoxy groups -OCH3 is 1. The first-order valence-electron chi connectivity index (χ1n) is 9.77. The van der Waals surface area contributed by atoms with E-state index in [4.69, 9.17) is 18.9 Å². The second kappa shape index (κ2) is 9.09. The van der Waals surface area contributed by atoms with E-state index in [0.717, 1.165) is 16.5 Å². The lowest BCUT2D eigenvalue weighted by atomic mass is 10.0. The molecule has 158 valence electrons. The van der Waals surface area contributed by atoms with Crippen molar-refractivity contribution in [3.05, 3.63) is 64.2 Å². The molecule has 3 aromatic rings. The van der Waals surface area contributed by atoms with Crippen LogP contribution < -0.4 is 0 Å². The topological polar surface area (TPSA) is 81.9 Å². The highest BCUT2D eigenvalue weighted by atomic mass is 16.5. The van der Waals surface area contributed by atoms with E-state index in [1.54, 1.807) is 19.9 Å². The number of esters is 2. The van der Waals surface area contributed by atoms with Gasteiger partial charge in [-0.25, -0.2) is 9.59 Å². The minimum absolute atomic E-state index is 0.294. The maximum atomic E-state index is 12.7. The van der Waals surface area contributed by atoms with Gasteiger partial charge in [0.1, 0.15) is 17.1 Å². The number of hydrogen-bond donors (Lipinski definition) is 0. The Bertz CT molecular complexity index is 1090. The summed E-state index contributed by atoms with van der Waals surface area (Å²) < 4.78 is 15.8. The zero-order valence-electron chi connectivity index (χ0n) is 17.9. The van der Waals surface area contributed by atoms with Gasteiger partial charge in [0.25, 0.3) is 0 Å². The molecular formula is C23H26N2O5. The van der Waals surface area contributed by atoms with Gasteiger partial charge < -0.3 is 13.9 Å². The molecule has 0 aliphatic heterocycles. The molecule has 7 nitrogen and oxygen atoms in total. The standard InChI is InChI=1S/C23H26N2O5/c1-6-29-23(27)21-14(2)17-9-7-8-10-19(17)24-20(21)13-25(4)12-16-11-18(15(3)30-16)22(26)28-5/h7-11H,6,12-13H2,1-5H3. The van der Waals surface area contributed by atoms with Crippen LogP contribution in [-0.2, 0) is 22.6 Å². The number of aryl methyl sites for hydroxylation is 2. The minimum atomic E-state index is -0.429. The van der Waals surface area contributed by atoms with Gasteiger partial charge in [-0.3, -0.25) is 9.88 Å². The van der Waals surface area contributed by atoms with Crippen molar-refractivity contribution in [2.24, 2.45) is 0 Å². The SMILES string of the molecule is CCOC(=O)c1c(CN(C)Cc2cc(C(=O)OC)c(C)o2)nc2ccccc2c1C. The number of fused-ring (bicyclic) bond motifs is 1. The summed E-state index contributed by atoms with van der Waals surface area (Å²) in [6.45, 7) is 6.57. The Balaban J connectivity index is 1.91. The third kappa shape index (κ3) is 4.36. The largest absolute Gasteiger partial charge is 0.465 e. The van der Waals surface area contributed by atoms with Crippen LogP contribution in [0.2, 0.25) is 0 Å². The van der Waals surface area contributed by atoms with Crippen LogP contribution in [0, 0.1) is 13.8 Å². The Morgan fingerprint density at radius 2 is 1.87 bits per heavy atom. The van der Waals surface area contributed by atoms with Crippen molar-refractivity contribution in [2.45, 2.75) is 33.9 Å². The van der Waals surface area contributed by atoms with E-state index in [2.05, 4.69) is 0 Å². The molecular weight excluding hydrogens is 384 g/mol. The quantitative estimate of drug-likeness (QED) is 0.544. The van der Waals surface area contributed by atoms with E-state index >= 15 is 0 Å². The number of hydrogen-bond acceptors (Lipinski definition) is 7. The van der Waals surface area contributed by atoms with Crippen molar-refractivity contribution in [1.82, 2.24) is 9.88 Å². The van der Waals surface area contributed by atoms with Gasteiger partial charge in [-0.15, -0.1) is 0 Å². The lowest BCUT2D eigenvalue weighted by molar-refractivity contribution is 0.0521. The summed E-state index contributed by atoms with van der Waals surface area (Å²) in [4.78, 5) is 31.2. The van der Waals surface area contributed by atoms with Gasteiger partial charge in [0.05, 0.1) is 37.0 Å². The highest BCUT2D eigenvalue weighted by Gasteiger charge is 2.22. The summed E-state index contributed by atoms with van der Waals surface area (Å²) in [6.07, 6.45) is 0. The molecule has 0 saturated carbocycles. The molecule has 0 atom stereocenters. The first-order valence-corrected chi connectivity index (χ1v) is 9.77. The van der Waals surface area contributed by atoms with Crippen LogP contribution in [0.4, 0.5) is 0 Å². The van der Waals surface area contributed by atoms with Crippen LogP contribution in [-0.4, -0.2) is 42.6 Å². The maximum Gasteiger partial charge on any atom is 0.341 e. The molecule has 7 heteroatoms. The van der Waals surface area contributed by atoms with Gasteiger partial charge in [0, 0.05) is 11.9 Å². The fourth-order valence-corrected chi connectivity index (χ4v) is 3.54. The molecule has 30 heavy (non-hydrogen) atoms. The molecule has 0 radical (unpaired) electrons. The highest BCUT2D eigenvalue weighted by Crippen LogP contribution is 2.25. The van der Waals surface area contributed by atoms with E-state index < -0.39 is 5.97 Å². The fourth-order valence-electron chi connectivity index (χ4n) is 3.54. The summed E-state index contributed by atoms with van der Waals surface area (Å²) in [5.41, 5.74) is 3.22. The summed E-state index contributed by atoms with van der Waals surface area (Å²) in [6, 6.07) is 9.41. The average molecular weight is 410 g/mol. The molecule has 2 aromatic heterocycles. The second-order valence-electron chi connectivity index (χ2n) is 7.14. The number of nitrogens with zero attached hydrogens (tertiary/aromatic N) is 2. The number of benzene rings is 1. The molecule has 0 bridgehead atoms. The minimum Gasteiger partial charge on any atom is -0.465 e. The molecule has 2 heterocycles. The van der Waals surface area contributed by atoms with E-state index in [1.807, 2.05) is 43.1 Å². The lowest BCUT2D eigenvalue weighted by Crippen LogP contribution is -2.21. The Morgan fingerprint density at radius 3 is 2.57 bits per heavy atom. The van der Waals surface area contributed by atoms with E-state index in [1.165, 1.54) is 7.11 Å². The number of para-hydroxylation sites is 1. The van der Waals surface area contributed by atoms with Gasteiger partial charge in [0.15, 0.2) is 0 Å². The second-order valence-corrected chi connectivity index (χ2v) is 7.14. The molecule has 0 N–H and O–H groups in total. The zero-order chi connectivity index (χ0) is 21.8. The Labute approximate surface area is 175 Å². The molecule has 0 fully saturated rings. The number of pyridine rings is 1. The van der Waals surface area contributed by atoms with Crippen molar-refractivity contribution in [2.75, 3.05) is 20.8 Å². The summed E-state index contributed by atoms with van der Waals surface area (Å²) in [5, 5.41) is 0.927. The number of furan rings is 1. The lowest BCUT2D eigenvalue weighted by Gasteiger charge is -2.19. The molecule has 0 aliphatic carbocycles. The van der Waals surface area contributed by atoms with Crippen molar-refractivity contribution >= 4 is 22.8 Å². The summed E-state index contributed by atoms with van der Waals surface area (Å²) in [5.74, 6) is 0.336. The first kappa shape index (κ1) is 21.5. The fraction of sp³-hybridized carbons (Fsp3) is 0.348. The molecule has 3 rings (SSSR count). The van der Waals surface area contributed by atoms with Crippen molar-refractivity contribution in [3.63, 3.8) is 0 Å². The summed E-state index contributed by atoms with van der Waals surface area (Å²) >= 11 is 0. The van der Waals surface area contributed by atoms with Gasteiger partial charge in [-0.05, 0) is 45.5 Å². The Kier molecular flexibility index (Phi) is 6.52. The number of carbonyl (C=O) groups excluding carboxylic acids is 2. The number of ether oxygens (including phenoxy) is 2. The highest BCUT2D eigenvalue weighted by molar-refractivity contribution is 5.98. The normalized spacial score (nSPS) is 11.1. The maximum absolute atomic E-state index is 12.7. The molecule has 1 aromatic carbocycles. The Hall–Kier alpha value is -3.19. The molecule has 0 spiro atoms. The third-order valence-electron chi connectivity index (χ3n) is 4.93. The predicted molar refractivity (Wildman–Crippen MR) is 112 cm³/mol. The molecule has 0 aliphatic rings. The van der Waals surface area contributed by atoms with E-state index in [0.29, 0.717) is 48.0 Å². The zero-order valence-corrected chi connectivity index (χ0v) is 17.9. The van der Waals surface area contributed by atoms with Crippen molar-refractivity contribution < 1.29 is 23.5 Å². The molecule has 0 saturated heterocycles. The van der Waals surface area contributed by atoms with Crippen LogP contribution in [0.3, 0.4) is 0 Å². The van der Waals surface area contributed by atoms with Gasteiger partial charge in [-0.1, -0.05) is 18.2 Å². The van der Waals surface area contributed by atoms with Crippen LogP contribution >= 0.6 is 0 Å². The van der Waals surface area contributed by atoms with Crippen LogP contribution in [0.15, 0.2) is 34.7 Å². The number of aromatic nitrogens is 1. The van der Waals surface area contributed by atoms with Gasteiger partial charge in [-0.2, -0.15) is 0 Å². The van der Waals surface area contributed by atoms with Crippen LogP contribution in [0.5, 0.6) is 0 Å². The van der Waals surface area contributed by atoms with Crippen LogP contribution in [0.1, 0.15) is 50.4 Å². The summed E-state index contributed by atoms with van der Waals surface area (Å²) in [7, 11) is 3.24. The van der Waals surface area contributed by atoms with Crippen molar-refractivity contribution in [1.29, 1.82) is 0 Å². The van der Waals surface area contributed by atoms with Crippen molar-refractivity contribution in [3.8, 4) is 0 Å². The Morgan fingerprint density at radius 1 is 1.13 bits per heavy atom. The number of carbonyl (C=O) groups is 2. The van der Waals surface area contributed by atoms with E-state index in [9.17, 15) is 9.59 Å². The monoisotopic (exact) mass is 410 g/mol. The smallest absolute Gasteiger partial charge is 0.341 e. The third-order valence-corrected chi connectivity index (χ3v) is 4.93. The average Bonchev–Trinajstić information content (AvgIpc) is 3.07. The molecule has 0 amide bonds. The van der Waals surface area contributed by atoms with Crippen LogP contribution in [0.25, 0.3) is 10.9 Å². The first-order chi connectivity index (χ1) is 14.3. The molecule has 0 unspecified atom stereocenters. The number of rotatable bonds is 7. The van der Waals surface area contributed by atoms with E-state index in [-0.39, 0.29) is 5.97 Å². The van der Waals surface area contributed by atoms with Gasteiger partial charge in [0.2, 0.25) is 0 Å².